The molecule has 0 amide bonds. The van der Waals surface area contributed by atoms with Crippen molar-refractivity contribution in [3.63, 3.8) is 0 Å². The van der Waals surface area contributed by atoms with Gasteiger partial charge in [0.1, 0.15) is 6.07 Å². The Balaban J connectivity index is 2.84. The fraction of sp³-hybridized carbons (Fsp3) is 0.538. The molecule has 0 radical (unpaired) electrons. The van der Waals surface area contributed by atoms with Crippen LogP contribution in [0.1, 0.15) is 32.3 Å². The van der Waals surface area contributed by atoms with Crippen molar-refractivity contribution >= 4 is 23.3 Å². The fourth-order valence-electron chi connectivity index (χ4n) is 1.82. The Bertz CT molecular complexity index is 427. The van der Waals surface area contributed by atoms with Gasteiger partial charge in [-0.1, -0.05) is 13.8 Å². The van der Waals surface area contributed by atoms with Gasteiger partial charge in [0.15, 0.2) is 5.82 Å². The highest BCUT2D eigenvalue weighted by Gasteiger charge is 2.25. The van der Waals surface area contributed by atoms with Gasteiger partial charge in [-0.25, -0.2) is 4.98 Å². The van der Waals surface area contributed by atoms with Crippen LogP contribution in [-0.2, 0) is 0 Å². The molecule has 4 nitrogen and oxygen atoms in total. The predicted molar refractivity (Wildman–Crippen MR) is 78.7 cm³/mol. The number of nitrogen functional groups attached to an aromatic ring is 1. The standard InChI is InChI=1S/C13H20N4S/c1-4-13(5-2,18-3)9-17-12-11(15)10(8-14)6-7-16-12/h6-7H,4-5,9,15H2,1-3H3,(H,16,17). The molecule has 0 fully saturated rings. The van der Waals surface area contributed by atoms with E-state index in [9.17, 15) is 0 Å². The minimum atomic E-state index is 0.191. The maximum atomic E-state index is 8.92. The Labute approximate surface area is 113 Å². The van der Waals surface area contributed by atoms with Crippen molar-refractivity contribution in [1.29, 1.82) is 5.26 Å². The van der Waals surface area contributed by atoms with Gasteiger partial charge in [0.2, 0.25) is 0 Å². The van der Waals surface area contributed by atoms with Crippen LogP contribution in [0.15, 0.2) is 12.3 Å². The van der Waals surface area contributed by atoms with Crippen LogP contribution in [0, 0.1) is 11.3 Å². The van der Waals surface area contributed by atoms with E-state index in [-0.39, 0.29) is 4.75 Å². The Morgan fingerprint density at radius 3 is 2.67 bits per heavy atom. The lowest BCUT2D eigenvalue weighted by atomic mass is 10.0. The molecule has 0 aliphatic rings. The second-order valence-corrected chi connectivity index (χ2v) is 5.45. The molecule has 5 heteroatoms. The van der Waals surface area contributed by atoms with E-state index in [2.05, 4.69) is 36.5 Å². The molecule has 1 aromatic rings. The number of aromatic nitrogens is 1. The van der Waals surface area contributed by atoms with Gasteiger partial charge in [-0.15, -0.1) is 0 Å². The summed E-state index contributed by atoms with van der Waals surface area (Å²) in [7, 11) is 0. The molecule has 1 aromatic heterocycles. The number of rotatable bonds is 6. The van der Waals surface area contributed by atoms with Crippen LogP contribution >= 0.6 is 11.8 Å². The van der Waals surface area contributed by atoms with Crippen molar-refractivity contribution in [1.82, 2.24) is 4.98 Å². The third-order valence-corrected chi connectivity index (χ3v) is 5.00. The highest BCUT2D eigenvalue weighted by atomic mass is 32.2. The zero-order valence-corrected chi connectivity index (χ0v) is 12.0. The number of nitrogens with zero attached hydrogens (tertiary/aromatic N) is 2. The van der Waals surface area contributed by atoms with E-state index in [0.29, 0.717) is 17.1 Å². The third-order valence-electron chi connectivity index (χ3n) is 3.41. The van der Waals surface area contributed by atoms with Crippen molar-refractivity contribution in [3.8, 4) is 6.07 Å². The Morgan fingerprint density at radius 1 is 1.50 bits per heavy atom. The van der Waals surface area contributed by atoms with Gasteiger partial charge in [0.05, 0.1) is 11.3 Å². The Kier molecular flexibility index (Phi) is 5.29. The molecule has 0 aliphatic heterocycles. The molecule has 0 spiro atoms. The average molecular weight is 264 g/mol. The first-order valence-electron chi connectivity index (χ1n) is 6.06. The lowest BCUT2D eigenvalue weighted by Crippen LogP contribution is -2.32. The van der Waals surface area contributed by atoms with Crippen LogP contribution in [0.25, 0.3) is 0 Å². The number of nitrogens with two attached hydrogens (primary N) is 1. The summed E-state index contributed by atoms with van der Waals surface area (Å²) in [5.41, 5.74) is 6.79. The number of anilines is 2. The quantitative estimate of drug-likeness (QED) is 0.826. The maximum absolute atomic E-state index is 8.92. The van der Waals surface area contributed by atoms with E-state index in [1.54, 1.807) is 12.3 Å². The van der Waals surface area contributed by atoms with Crippen molar-refractivity contribution in [3.05, 3.63) is 17.8 Å². The maximum Gasteiger partial charge on any atom is 0.150 e. The smallest absolute Gasteiger partial charge is 0.150 e. The topological polar surface area (TPSA) is 74.7 Å². The molecular formula is C13H20N4S. The zero-order valence-electron chi connectivity index (χ0n) is 11.2. The van der Waals surface area contributed by atoms with E-state index < -0.39 is 0 Å². The van der Waals surface area contributed by atoms with Gasteiger partial charge in [-0.05, 0) is 25.2 Å². The van der Waals surface area contributed by atoms with Crippen molar-refractivity contribution in [2.24, 2.45) is 0 Å². The lowest BCUT2D eigenvalue weighted by molar-refractivity contribution is 0.574. The Hall–Kier alpha value is -1.41. The second-order valence-electron chi connectivity index (χ2n) is 4.18. The molecule has 0 saturated carbocycles. The SMILES string of the molecule is CCC(CC)(CNc1nccc(C#N)c1N)SC. The lowest BCUT2D eigenvalue weighted by Gasteiger charge is -2.30. The van der Waals surface area contributed by atoms with E-state index in [4.69, 9.17) is 11.0 Å². The molecule has 18 heavy (non-hydrogen) atoms. The number of hydrogen-bond acceptors (Lipinski definition) is 5. The van der Waals surface area contributed by atoms with E-state index in [0.717, 1.165) is 19.4 Å². The van der Waals surface area contributed by atoms with Gasteiger partial charge in [-0.2, -0.15) is 17.0 Å². The second kappa shape index (κ2) is 6.50. The molecule has 1 heterocycles. The summed E-state index contributed by atoms with van der Waals surface area (Å²) in [6, 6.07) is 3.69. The van der Waals surface area contributed by atoms with Crippen LogP contribution in [0.3, 0.4) is 0 Å². The Morgan fingerprint density at radius 2 is 2.17 bits per heavy atom. The van der Waals surface area contributed by atoms with Gasteiger partial charge in [0.25, 0.3) is 0 Å². The zero-order chi connectivity index (χ0) is 13.6. The summed E-state index contributed by atoms with van der Waals surface area (Å²) in [5.74, 6) is 0.606. The largest absolute Gasteiger partial charge is 0.395 e. The highest BCUT2D eigenvalue weighted by molar-refractivity contribution is 8.00. The minimum Gasteiger partial charge on any atom is -0.395 e. The van der Waals surface area contributed by atoms with Crippen LogP contribution in [0.2, 0.25) is 0 Å². The van der Waals surface area contributed by atoms with E-state index in [1.165, 1.54) is 0 Å². The van der Waals surface area contributed by atoms with Crippen LogP contribution in [-0.4, -0.2) is 22.5 Å². The number of pyridine rings is 1. The normalized spacial score (nSPS) is 11.0. The summed E-state index contributed by atoms with van der Waals surface area (Å²) < 4.78 is 0.191. The van der Waals surface area contributed by atoms with E-state index >= 15 is 0 Å². The third kappa shape index (κ3) is 3.08. The van der Waals surface area contributed by atoms with Crippen LogP contribution < -0.4 is 11.1 Å². The highest BCUT2D eigenvalue weighted by Crippen LogP contribution is 2.31. The summed E-state index contributed by atoms with van der Waals surface area (Å²) in [5, 5.41) is 12.2. The minimum absolute atomic E-state index is 0.191. The first-order valence-corrected chi connectivity index (χ1v) is 7.28. The molecular weight excluding hydrogens is 244 g/mol. The number of thioether (sulfide) groups is 1. The monoisotopic (exact) mass is 264 g/mol. The molecule has 0 atom stereocenters. The van der Waals surface area contributed by atoms with Crippen molar-refractivity contribution in [2.45, 2.75) is 31.4 Å². The molecule has 98 valence electrons. The first-order chi connectivity index (χ1) is 8.62. The average Bonchev–Trinajstić information content (AvgIpc) is 2.42. The molecule has 0 saturated heterocycles. The summed E-state index contributed by atoms with van der Waals surface area (Å²) in [6.45, 7) is 5.17. The molecule has 0 bridgehead atoms. The molecule has 3 N–H and O–H groups in total. The van der Waals surface area contributed by atoms with Gasteiger partial charge in [-0.3, -0.25) is 0 Å². The van der Waals surface area contributed by atoms with Gasteiger partial charge < -0.3 is 11.1 Å². The predicted octanol–water partition coefficient (Wildman–Crippen LogP) is 2.87. The van der Waals surface area contributed by atoms with Crippen molar-refractivity contribution in [2.75, 3.05) is 23.9 Å². The van der Waals surface area contributed by atoms with Gasteiger partial charge in [0, 0.05) is 17.5 Å². The van der Waals surface area contributed by atoms with Crippen LogP contribution in [0.5, 0.6) is 0 Å². The summed E-state index contributed by atoms with van der Waals surface area (Å²) in [6.07, 6.45) is 5.89. The molecule has 0 aliphatic carbocycles. The fourth-order valence-corrected chi connectivity index (χ4v) is 2.61. The van der Waals surface area contributed by atoms with Crippen molar-refractivity contribution < 1.29 is 0 Å². The van der Waals surface area contributed by atoms with E-state index in [1.807, 2.05) is 11.8 Å². The summed E-state index contributed by atoms with van der Waals surface area (Å²) >= 11 is 1.86. The number of nitrogens with one attached hydrogen (secondary N) is 1. The molecule has 0 unspecified atom stereocenters. The first kappa shape index (κ1) is 14.7. The number of nitriles is 1. The molecule has 1 rings (SSSR count). The van der Waals surface area contributed by atoms with Crippen LogP contribution in [0.4, 0.5) is 11.5 Å². The summed E-state index contributed by atoms with van der Waals surface area (Å²) in [4.78, 5) is 4.20. The van der Waals surface area contributed by atoms with Gasteiger partial charge >= 0.3 is 0 Å². The number of hydrogen-bond donors (Lipinski definition) is 2. The molecule has 0 aromatic carbocycles.